The molecule has 1 aliphatic heterocycles. The van der Waals surface area contributed by atoms with Gasteiger partial charge in [-0.25, -0.2) is 0 Å². The highest BCUT2D eigenvalue weighted by Gasteiger charge is 2.45. The maximum absolute atomic E-state index is 11.2. The standard InChI is InChI=1S/C26H35NO/c1-5-6-14-26(3,4)19-15-21-24(22(28)16-19)23-20(18-10-8-7-9-11-18)13-12-17(2)25(23)27-21/h7-11,15-17,20,23,25,27-28H,5-6,12-14H2,1-4H3. The van der Waals surface area contributed by atoms with Gasteiger partial charge in [-0.1, -0.05) is 70.9 Å². The van der Waals surface area contributed by atoms with Crippen molar-refractivity contribution in [2.75, 3.05) is 5.32 Å². The lowest BCUT2D eigenvalue weighted by Crippen LogP contribution is -2.36. The van der Waals surface area contributed by atoms with Crippen molar-refractivity contribution in [1.82, 2.24) is 0 Å². The van der Waals surface area contributed by atoms with Gasteiger partial charge < -0.3 is 10.4 Å². The molecular formula is C26H35NO. The van der Waals surface area contributed by atoms with Gasteiger partial charge in [0.05, 0.1) is 0 Å². The van der Waals surface area contributed by atoms with E-state index in [1.54, 1.807) is 0 Å². The fraction of sp³-hybridized carbons (Fsp3) is 0.538. The summed E-state index contributed by atoms with van der Waals surface area (Å²) < 4.78 is 0. The van der Waals surface area contributed by atoms with Crippen molar-refractivity contribution in [3.8, 4) is 5.75 Å². The summed E-state index contributed by atoms with van der Waals surface area (Å²) in [5.74, 6) is 1.94. The molecule has 150 valence electrons. The molecule has 4 unspecified atom stereocenters. The fourth-order valence-electron chi connectivity index (χ4n) is 5.53. The quantitative estimate of drug-likeness (QED) is 0.591. The summed E-state index contributed by atoms with van der Waals surface area (Å²) in [6.07, 6.45) is 6.00. The molecule has 2 aromatic carbocycles. The fourth-order valence-corrected chi connectivity index (χ4v) is 5.53. The van der Waals surface area contributed by atoms with Gasteiger partial charge in [-0.2, -0.15) is 0 Å². The molecule has 2 nitrogen and oxygen atoms in total. The van der Waals surface area contributed by atoms with Crippen molar-refractivity contribution in [3.05, 3.63) is 59.2 Å². The Labute approximate surface area is 170 Å². The van der Waals surface area contributed by atoms with Crippen molar-refractivity contribution in [2.24, 2.45) is 5.92 Å². The number of rotatable bonds is 5. The lowest BCUT2D eigenvalue weighted by atomic mass is 9.67. The number of phenolic OH excluding ortho intramolecular Hbond substituents is 1. The summed E-state index contributed by atoms with van der Waals surface area (Å²) in [6, 6.07) is 15.7. The number of hydrogen-bond acceptors (Lipinski definition) is 2. The van der Waals surface area contributed by atoms with Crippen molar-refractivity contribution >= 4 is 5.69 Å². The minimum atomic E-state index is 0.0857. The van der Waals surface area contributed by atoms with E-state index in [0.717, 1.165) is 12.0 Å². The molecule has 1 saturated carbocycles. The molecule has 2 aliphatic rings. The van der Waals surface area contributed by atoms with Gasteiger partial charge in [0, 0.05) is 23.2 Å². The highest BCUT2D eigenvalue weighted by molar-refractivity contribution is 5.68. The van der Waals surface area contributed by atoms with Crippen LogP contribution in [0.4, 0.5) is 5.69 Å². The van der Waals surface area contributed by atoms with E-state index in [1.165, 1.54) is 42.5 Å². The zero-order valence-corrected chi connectivity index (χ0v) is 17.8. The van der Waals surface area contributed by atoms with Crippen LogP contribution in [0.25, 0.3) is 0 Å². The minimum absolute atomic E-state index is 0.0857. The summed E-state index contributed by atoms with van der Waals surface area (Å²) in [7, 11) is 0. The third-order valence-corrected chi connectivity index (χ3v) is 7.34. The van der Waals surface area contributed by atoms with Crippen LogP contribution < -0.4 is 5.32 Å². The first-order valence-corrected chi connectivity index (χ1v) is 11.1. The van der Waals surface area contributed by atoms with Gasteiger partial charge in [0.1, 0.15) is 5.75 Å². The second-order valence-corrected chi connectivity index (χ2v) is 9.71. The molecule has 2 aromatic rings. The highest BCUT2D eigenvalue weighted by atomic mass is 16.3. The molecule has 1 heterocycles. The SMILES string of the molecule is CCCCC(C)(C)c1cc(O)c2c(c1)NC1C(C)CCC(c3ccccc3)C21. The number of phenols is 1. The van der Waals surface area contributed by atoms with E-state index in [9.17, 15) is 5.11 Å². The van der Waals surface area contributed by atoms with Crippen LogP contribution in [0.5, 0.6) is 5.75 Å². The maximum atomic E-state index is 11.2. The number of benzene rings is 2. The largest absolute Gasteiger partial charge is 0.508 e. The van der Waals surface area contributed by atoms with Crippen LogP contribution in [0, 0.1) is 5.92 Å². The van der Waals surface area contributed by atoms with E-state index >= 15 is 0 Å². The molecule has 0 bridgehead atoms. The van der Waals surface area contributed by atoms with Gasteiger partial charge in [-0.05, 0) is 59.8 Å². The number of aromatic hydroxyl groups is 1. The van der Waals surface area contributed by atoms with Crippen LogP contribution in [0.2, 0.25) is 0 Å². The number of unbranched alkanes of at least 4 members (excludes halogenated alkanes) is 1. The third-order valence-electron chi connectivity index (χ3n) is 7.34. The second kappa shape index (κ2) is 7.46. The molecular weight excluding hydrogens is 342 g/mol. The third kappa shape index (κ3) is 3.32. The normalized spacial score (nSPS) is 26.4. The van der Waals surface area contributed by atoms with Gasteiger partial charge in [0.25, 0.3) is 0 Å². The number of nitrogens with one attached hydrogen (secondary N) is 1. The molecule has 28 heavy (non-hydrogen) atoms. The Balaban J connectivity index is 1.74. The minimum Gasteiger partial charge on any atom is -0.508 e. The summed E-state index contributed by atoms with van der Waals surface area (Å²) in [6.45, 7) is 9.22. The lowest BCUT2D eigenvalue weighted by molar-refractivity contribution is 0.283. The zero-order chi connectivity index (χ0) is 19.9. The molecule has 0 saturated heterocycles. The maximum Gasteiger partial charge on any atom is 0.121 e. The van der Waals surface area contributed by atoms with Gasteiger partial charge in [-0.15, -0.1) is 0 Å². The molecule has 4 rings (SSSR count). The van der Waals surface area contributed by atoms with Crippen LogP contribution in [0.1, 0.15) is 88.3 Å². The second-order valence-electron chi connectivity index (χ2n) is 9.71. The Bertz CT molecular complexity index is 826. The molecule has 2 heteroatoms. The summed E-state index contributed by atoms with van der Waals surface area (Å²) in [5.41, 5.74) is 5.07. The number of fused-ring (bicyclic) bond motifs is 3. The van der Waals surface area contributed by atoms with E-state index in [2.05, 4.69) is 75.5 Å². The van der Waals surface area contributed by atoms with Crippen LogP contribution in [0.3, 0.4) is 0 Å². The summed E-state index contributed by atoms with van der Waals surface area (Å²) in [4.78, 5) is 0. The Morgan fingerprint density at radius 2 is 1.86 bits per heavy atom. The molecule has 0 radical (unpaired) electrons. The smallest absolute Gasteiger partial charge is 0.121 e. The van der Waals surface area contributed by atoms with Crippen LogP contribution >= 0.6 is 0 Å². The molecule has 0 amide bonds. The Hall–Kier alpha value is -1.96. The molecule has 2 N–H and O–H groups in total. The Morgan fingerprint density at radius 1 is 1.11 bits per heavy atom. The summed E-state index contributed by atoms with van der Waals surface area (Å²) in [5, 5.41) is 15.0. The average molecular weight is 378 g/mol. The highest BCUT2D eigenvalue weighted by Crippen LogP contribution is 2.56. The van der Waals surface area contributed by atoms with E-state index in [0.29, 0.717) is 29.5 Å². The van der Waals surface area contributed by atoms with Crippen molar-refractivity contribution < 1.29 is 5.11 Å². The number of hydrogen-bond donors (Lipinski definition) is 2. The first kappa shape index (κ1) is 19.4. The van der Waals surface area contributed by atoms with Gasteiger partial charge in [0.15, 0.2) is 0 Å². The Kier molecular flexibility index (Phi) is 5.16. The summed E-state index contributed by atoms with van der Waals surface area (Å²) >= 11 is 0. The molecule has 1 fully saturated rings. The first-order valence-electron chi connectivity index (χ1n) is 11.1. The van der Waals surface area contributed by atoms with E-state index in [4.69, 9.17) is 0 Å². The lowest BCUT2D eigenvalue weighted by Gasteiger charge is -2.38. The van der Waals surface area contributed by atoms with Gasteiger partial charge in [-0.3, -0.25) is 0 Å². The van der Waals surface area contributed by atoms with E-state index < -0.39 is 0 Å². The topological polar surface area (TPSA) is 32.3 Å². The van der Waals surface area contributed by atoms with Crippen molar-refractivity contribution in [1.29, 1.82) is 0 Å². The molecule has 4 atom stereocenters. The van der Waals surface area contributed by atoms with Crippen molar-refractivity contribution in [3.63, 3.8) is 0 Å². The first-order chi connectivity index (χ1) is 13.4. The van der Waals surface area contributed by atoms with E-state index in [1.807, 2.05) is 0 Å². The van der Waals surface area contributed by atoms with Gasteiger partial charge in [0.2, 0.25) is 0 Å². The number of anilines is 1. The zero-order valence-electron chi connectivity index (χ0n) is 17.8. The van der Waals surface area contributed by atoms with Crippen LogP contribution in [0.15, 0.2) is 42.5 Å². The Morgan fingerprint density at radius 3 is 2.57 bits per heavy atom. The predicted octanol–water partition coefficient (Wildman–Crippen LogP) is 6.95. The molecule has 1 aliphatic carbocycles. The van der Waals surface area contributed by atoms with Gasteiger partial charge >= 0.3 is 0 Å². The molecule has 0 aromatic heterocycles. The molecule has 0 spiro atoms. The van der Waals surface area contributed by atoms with Crippen molar-refractivity contribution in [2.45, 2.75) is 83.1 Å². The predicted molar refractivity (Wildman–Crippen MR) is 118 cm³/mol. The average Bonchev–Trinajstić information content (AvgIpc) is 3.08. The van der Waals surface area contributed by atoms with Crippen LogP contribution in [-0.2, 0) is 5.41 Å². The van der Waals surface area contributed by atoms with Crippen LogP contribution in [-0.4, -0.2) is 11.1 Å². The monoisotopic (exact) mass is 377 g/mol. The van der Waals surface area contributed by atoms with E-state index in [-0.39, 0.29) is 5.41 Å².